The van der Waals surface area contributed by atoms with Gasteiger partial charge in [-0.25, -0.2) is 0 Å². The number of aryl methyl sites for hydroxylation is 2. The van der Waals surface area contributed by atoms with Crippen molar-refractivity contribution < 1.29 is 0 Å². The van der Waals surface area contributed by atoms with E-state index in [1.165, 1.54) is 21.2 Å². The highest BCUT2D eigenvalue weighted by atomic mass is 79.9. The van der Waals surface area contributed by atoms with Crippen LogP contribution in [0.25, 0.3) is 0 Å². The molecule has 1 N–H and O–H groups in total. The third-order valence-corrected chi connectivity index (χ3v) is 4.14. The van der Waals surface area contributed by atoms with Crippen LogP contribution in [0.2, 0.25) is 0 Å². The van der Waals surface area contributed by atoms with Gasteiger partial charge in [0.2, 0.25) is 0 Å². The van der Waals surface area contributed by atoms with Crippen LogP contribution in [0.4, 0.5) is 0 Å². The van der Waals surface area contributed by atoms with Crippen LogP contribution < -0.4 is 5.32 Å². The lowest BCUT2D eigenvalue weighted by molar-refractivity contribution is 0.522. The average Bonchev–Trinajstić information content (AvgIpc) is 2.31. The Hall–Kier alpha value is -0.780. The average molecular weight is 294 g/mol. The standard InChI is InChI=1S/C15H20BrN/c1-5-7-8-14(17-6-2)13-9-11(3)15(16)12(4)10-13/h1,9-10,14,17H,6-8H2,2-4H3. The molecule has 17 heavy (non-hydrogen) atoms. The number of hydrogen-bond donors (Lipinski definition) is 1. The van der Waals surface area contributed by atoms with Crippen LogP contribution in [0.15, 0.2) is 16.6 Å². The van der Waals surface area contributed by atoms with Crippen molar-refractivity contribution in [2.75, 3.05) is 6.54 Å². The molecule has 0 aliphatic carbocycles. The van der Waals surface area contributed by atoms with Crippen molar-refractivity contribution in [1.29, 1.82) is 0 Å². The first-order valence-electron chi connectivity index (χ1n) is 6.03. The Labute approximate surface area is 113 Å². The molecule has 0 saturated carbocycles. The molecule has 1 rings (SSSR count). The van der Waals surface area contributed by atoms with Crippen molar-refractivity contribution in [3.63, 3.8) is 0 Å². The molecule has 0 aromatic heterocycles. The van der Waals surface area contributed by atoms with E-state index in [0.717, 1.165) is 19.4 Å². The van der Waals surface area contributed by atoms with Gasteiger partial charge in [-0.15, -0.1) is 12.3 Å². The van der Waals surface area contributed by atoms with E-state index in [1.807, 2.05) is 0 Å². The van der Waals surface area contributed by atoms with Crippen LogP contribution in [0.5, 0.6) is 0 Å². The topological polar surface area (TPSA) is 12.0 Å². The van der Waals surface area contributed by atoms with Crippen LogP contribution >= 0.6 is 15.9 Å². The van der Waals surface area contributed by atoms with Crippen molar-refractivity contribution >= 4 is 15.9 Å². The maximum absolute atomic E-state index is 5.35. The molecular formula is C15H20BrN. The summed E-state index contributed by atoms with van der Waals surface area (Å²) in [4.78, 5) is 0. The van der Waals surface area contributed by atoms with Gasteiger partial charge in [0.15, 0.2) is 0 Å². The van der Waals surface area contributed by atoms with E-state index in [4.69, 9.17) is 6.42 Å². The summed E-state index contributed by atoms with van der Waals surface area (Å²) in [6, 6.07) is 4.84. The fourth-order valence-electron chi connectivity index (χ4n) is 2.04. The van der Waals surface area contributed by atoms with E-state index in [-0.39, 0.29) is 0 Å². The number of benzene rings is 1. The SMILES string of the molecule is C#CCCC(NCC)c1cc(C)c(Br)c(C)c1. The monoisotopic (exact) mass is 293 g/mol. The van der Waals surface area contributed by atoms with Gasteiger partial charge in [0.05, 0.1) is 0 Å². The summed E-state index contributed by atoms with van der Waals surface area (Å²) in [6.07, 6.45) is 7.15. The lowest BCUT2D eigenvalue weighted by Gasteiger charge is -2.19. The fourth-order valence-corrected chi connectivity index (χ4v) is 2.27. The lowest BCUT2D eigenvalue weighted by Crippen LogP contribution is -2.21. The second kappa shape index (κ2) is 6.83. The number of halogens is 1. The molecule has 1 aromatic rings. The van der Waals surface area contributed by atoms with Gasteiger partial charge in [-0.05, 0) is 43.5 Å². The van der Waals surface area contributed by atoms with Crippen LogP contribution in [0.1, 0.15) is 42.5 Å². The minimum atomic E-state index is 0.363. The number of nitrogens with one attached hydrogen (secondary N) is 1. The van der Waals surface area contributed by atoms with Gasteiger partial charge >= 0.3 is 0 Å². The molecule has 0 bridgehead atoms. The Morgan fingerprint density at radius 3 is 2.41 bits per heavy atom. The Bertz CT molecular complexity index is 394. The first-order chi connectivity index (χ1) is 8.10. The van der Waals surface area contributed by atoms with Crippen molar-refractivity contribution in [1.82, 2.24) is 5.32 Å². The highest BCUT2D eigenvalue weighted by Crippen LogP contribution is 2.27. The maximum Gasteiger partial charge on any atom is 0.0329 e. The summed E-state index contributed by atoms with van der Waals surface area (Å²) in [6.45, 7) is 7.35. The molecule has 0 heterocycles. The predicted molar refractivity (Wildman–Crippen MR) is 78.1 cm³/mol. The first-order valence-corrected chi connectivity index (χ1v) is 6.83. The van der Waals surface area contributed by atoms with Crippen LogP contribution in [0.3, 0.4) is 0 Å². The second-order valence-corrected chi connectivity index (χ2v) is 5.11. The lowest BCUT2D eigenvalue weighted by atomic mass is 9.98. The zero-order valence-electron chi connectivity index (χ0n) is 10.8. The van der Waals surface area contributed by atoms with Crippen molar-refractivity contribution in [2.24, 2.45) is 0 Å². The molecule has 1 unspecified atom stereocenters. The second-order valence-electron chi connectivity index (χ2n) is 4.32. The van der Waals surface area contributed by atoms with Gasteiger partial charge in [-0.3, -0.25) is 0 Å². The molecule has 0 saturated heterocycles. The molecule has 1 aromatic carbocycles. The number of terminal acetylenes is 1. The Morgan fingerprint density at radius 2 is 1.94 bits per heavy atom. The zero-order valence-corrected chi connectivity index (χ0v) is 12.4. The Morgan fingerprint density at radius 1 is 1.35 bits per heavy atom. The molecular weight excluding hydrogens is 274 g/mol. The summed E-state index contributed by atoms with van der Waals surface area (Å²) in [5.74, 6) is 2.72. The molecule has 0 aliphatic rings. The third kappa shape index (κ3) is 3.87. The van der Waals surface area contributed by atoms with Crippen LogP contribution in [-0.2, 0) is 0 Å². The molecule has 0 amide bonds. The van der Waals surface area contributed by atoms with Crippen LogP contribution in [0, 0.1) is 26.2 Å². The molecule has 1 atom stereocenters. The van der Waals surface area contributed by atoms with E-state index in [0.29, 0.717) is 6.04 Å². The number of hydrogen-bond acceptors (Lipinski definition) is 1. The fraction of sp³-hybridized carbons (Fsp3) is 0.467. The molecule has 2 heteroatoms. The van der Waals surface area contributed by atoms with Gasteiger partial charge in [0.1, 0.15) is 0 Å². The largest absolute Gasteiger partial charge is 0.310 e. The maximum atomic E-state index is 5.35. The molecule has 92 valence electrons. The summed E-state index contributed by atoms with van der Waals surface area (Å²) in [7, 11) is 0. The van der Waals surface area contributed by atoms with E-state index >= 15 is 0 Å². The minimum Gasteiger partial charge on any atom is -0.310 e. The summed E-state index contributed by atoms with van der Waals surface area (Å²) >= 11 is 3.60. The highest BCUT2D eigenvalue weighted by molar-refractivity contribution is 9.10. The van der Waals surface area contributed by atoms with Crippen molar-refractivity contribution in [2.45, 2.75) is 39.7 Å². The summed E-state index contributed by atoms with van der Waals surface area (Å²) < 4.78 is 1.20. The minimum absolute atomic E-state index is 0.363. The Kier molecular flexibility index (Phi) is 5.74. The van der Waals surface area contributed by atoms with E-state index in [2.05, 4.69) is 60.1 Å². The quantitative estimate of drug-likeness (QED) is 0.805. The van der Waals surface area contributed by atoms with Gasteiger partial charge in [-0.2, -0.15) is 0 Å². The van der Waals surface area contributed by atoms with Crippen molar-refractivity contribution in [3.8, 4) is 12.3 Å². The zero-order chi connectivity index (χ0) is 12.8. The summed E-state index contributed by atoms with van der Waals surface area (Å²) in [5.41, 5.74) is 3.90. The molecule has 0 radical (unpaired) electrons. The molecule has 0 spiro atoms. The van der Waals surface area contributed by atoms with Crippen molar-refractivity contribution in [3.05, 3.63) is 33.3 Å². The molecule has 1 nitrogen and oxygen atoms in total. The van der Waals surface area contributed by atoms with E-state index < -0.39 is 0 Å². The first kappa shape index (κ1) is 14.3. The number of rotatable bonds is 5. The van der Waals surface area contributed by atoms with E-state index in [9.17, 15) is 0 Å². The normalized spacial score (nSPS) is 12.2. The van der Waals surface area contributed by atoms with E-state index in [1.54, 1.807) is 0 Å². The molecule has 0 fully saturated rings. The van der Waals surface area contributed by atoms with Gasteiger partial charge in [-0.1, -0.05) is 35.0 Å². The van der Waals surface area contributed by atoms with Gasteiger partial charge < -0.3 is 5.32 Å². The smallest absolute Gasteiger partial charge is 0.0329 e. The summed E-state index contributed by atoms with van der Waals surface area (Å²) in [5, 5.41) is 3.50. The highest BCUT2D eigenvalue weighted by Gasteiger charge is 2.12. The predicted octanol–water partition coefficient (Wildman–Crippen LogP) is 4.13. The molecule has 0 aliphatic heterocycles. The third-order valence-electron chi connectivity index (χ3n) is 2.89. The Balaban J connectivity index is 2.98. The van der Waals surface area contributed by atoms with Gasteiger partial charge in [0.25, 0.3) is 0 Å². The van der Waals surface area contributed by atoms with Gasteiger partial charge in [0, 0.05) is 16.9 Å². The van der Waals surface area contributed by atoms with Crippen LogP contribution in [-0.4, -0.2) is 6.54 Å².